The molecule has 4 rings (SSSR count). The summed E-state index contributed by atoms with van der Waals surface area (Å²) in [5, 5.41) is 4.07. The maximum absolute atomic E-state index is 13.6. The number of carbonyl (C=O) groups is 1. The number of hydrogen-bond acceptors (Lipinski definition) is 1. The van der Waals surface area contributed by atoms with E-state index in [1.807, 2.05) is 56.3 Å². The molecule has 0 fully saturated rings. The Hall–Kier alpha value is -3.40. The van der Waals surface area contributed by atoms with Gasteiger partial charge >= 0.3 is 0 Å². The molecular formula is C26H25FN2O. The van der Waals surface area contributed by atoms with E-state index in [1.54, 1.807) is 12.1 Å². The second-order valence-electron chi connectivity index (χ2n) is 7.86. The second-order valence-corrected chi connectivity index (χ2v) is 7.86. The van der Waals surface area contributed by atoms with Crippen LogP contribution in [0.15, 0.2) is 60.7 Å². The molecule has 4 aromatic rings. The topological polar surface area (TPSA) is 34.0 Å². The number of aromatic nitrogens is 1. The van der Waals surface area contributed by atoms with Crippen molar-refractivity contribution in [1.82, 2.24) is 4.57 Å². The van der Waals surface area contributed by atoms with Crippen LogP contribution in [0.3, 0.4) is 0 Å². The predicted octanol–water partition coefficient (Wildman–Crippen LogP) is 6.31. The highest BCUT2D eigenvalue weighted by Gasteiger charge is 2.15. The predicted molar refractivity (Wildman–Crippen MR) is 121 cm³/mol. The van der Waals surface area contributed by atoms with Gasteiger partial charge in [-0.1, -0.05) is 24.3 Å². The molecule has 1 aromatic heterocycles. The van der Waals surface area contributed by atoms with Crippen LogP contribution >= 0.6 is 0 Å². The fourth-order valence-corrected chi connectivity index (χ4v) is 3.89. The monoisotopic (exact) mass is 400 g/mol. The van der Waals surface area contributed by atoms with Crippen molar-refractivity contribution in [2.24, 2.45) is 0 Å². The van der Waals surface area contributed by atoms with E-state index >= 15 is 0 Å². The minimum absolute atomic E-state index is 0.125. The van der Waals surface area contributed by atoms with Gasteiger partial charge in [0.25, 0.3) is 5.91 Å². The molecule has 0 aliphatic rings. The van der Waals surface area contributed by atoms with Crippen LogP contribution in [0.5, 0.6) is 0 Å². The lowest BCUT2D eigenvalue weighted by Crippen LogP contribution is -2.13. The van der Waals surface area contributed by atoms with Gasteiger partial charge in [0, 0.05) is 34.4 Å². The smallest absolute Gasteiger partial charge is 0.255 e. The van der Waals surface area contributed by atoms with Gasteiger partial charge in [-0.25, -0.2) is 4.39 Å². The molecule has 4 heteroatoms. The fraction of sp³-hybridized carbons (Fsp3) is 0.192. The maximum atomic E-state index is 13.6. The minimum atomic E-state index is -0.233. The molecule has 152 valence electrons. The van der Waals surface area contributed by atoms with Gasteiger partial charge < -0.3 is 9.88 Å². The van der Waals surface area contributed by atoms with Crippen LogP contribution in [0, 0.1) is 33.5 Å². The van der Waals surface area contributed by atoms with E-state index in [0.29, 0.717) is 12.1 Å². The van der Waals surface area contributed by atoms with Gasteiger partial charge in [0.1, 0.15) is 5.82 Å². The molecule has 0 bridgehead atoms. The lowest BCUT2D eigenvalue weighted by Gasteiger charge is -2.11. The number of carbonyl (C=O) groups excluding carboxylic acids is 1. The quantitative estimate of drug-likeness (QED) is 0.428. The van der Waals surface area contributed by atoms with Gasteiger partial charge in [0.2, 0.25) is 0 Å². The first-order valence-corrected chi connectivity index (χ1v) is 10.1. The number of hydrogen-bond donors (Lipinski definition) is 1. The molecule has 0 saturated heterocycles. The molecule has 0 atom stereocenters. The van der Waals surface area contributed by atoms with Crippen molar-refractivity contribution < 1.29 is 9.18 Å². The lowest BCUT2D eigenvalue weighted by atomic mass is 10.1. The van der Waals surface area contributed by atoms with E-state index in [-0.39, 0.29) is 11.7 Å². The van der Waals surface area contributed by atoms with Crippen molar-refractivity contribution in [3.63, 3.8) is 0 Å². The molecule has 0 unspecified atom stereocenters. The van der Waals surface area contributed by atoms with Crippen LogP contribution in [0.4, 0.5) is 10.1 Å². The standard InChI is InChI=1S/C26H25FN2O/c1-16-7-5-10-24(17(16)2)28-26(30)21-11-12-25-23(14-21)18(3)19(4)29(25)15-20-8-6-9-22(27)13-20/h5-14H,15H2,1-4H3,(H,28,30). The van der Waals surface area contributed by atoms with Crippen LogP contribution in [0.25, 0.3) is 10.9 Å². The van der Waals surface area contributed by atoms with Gasteiger partial charge in [-0.3, -0.25) is 4.79 Å². The zero-order chi connectivity index (χ0) is 21.4. The Morgan fingerprint density at radius 3 is 2.47 bits per heavy atom. The highest BCUT2D eigenvalue weighted by Crippen LogP contribution is 2.28. The zero-order valence-corrected chi connectivity index (χ0v) is 17.7. The van der Waals surface area contributed by atoms with E-state index in [0.717, 1.165) is 44.5 Å². The van der Waals surface area contributed by atoms with E-state index in [9.17, 15) is 9.18 Å². The third-order valence-corrected chi connectivity index (χ3v) is 5.98. The summed E-state index contributed by atoms with van der Waals surface area (Å²) in [6.07, 6.45) is 0. The van der Waals surface area contributed by atoms with Crippen LogP contribution < -0.4 is 5.32 Å². The molecule has 1 heterocycles. The summed E-state index contributed by atoms with van der Waals surface area (Å²) in [4.78, 5) is 12.9. The molecule has 3 nitrogen and oxygen atoms in total. The minimum Gasteiger partial charge on any atom is -0.340 e. The maximum Gasteiger partial charge on any atom is 0.255 e. The summed E-state index contributed by atoms with van der Waals surface area (Å²) >= 11 is 0. The molecule has 1 N–H and O–H groups in total. The summed E-state index contributed by atoms with van der Waals surface area (Å²) < 4.78 is 15.8. The first-order valence-electron chi connectivity index (χ1n) is 10.1. The average Bonchev–Trinajstić information content (AvgIpc) is 2.96. The van der Waals surface area contributed by atoms with Gasteiger partial charge in [-0.05, 0) is 86.3 Å². The second kappa shape index (κ2) is 7.79. The molecule has 0 radical (unpaired) electrons. The van der Waals surface area contributed by atoms with Crippen molar-refractivity contribution in [3.05, 3.63) is 100.0 Å². The van der Waals surface area contributed by atoms with Crippen LogP contribution in [0.1, 0.15) is 38.3 Å². The van der Waals surface area contributed by atoms with Gasteiger partial charge in [-0.2, -0.15) is 0 Å². The van der Waals surface area contributed by atoms with E-state index < -0.39 is 0 Å². The molecule has 0 aliphatic heterocycles. The number of halogens is 1. The largest absolute Gasteiger partial charge is 0.340 e. The van der Waals surface area contributed by atoms with Crippen molar-refractivity contribution in [2.45, 2.75) is 34.2 Å². The van der Waals surface area contributed by atoms with Crippen molar-refractivity contribution in [3.8, 4) is 0 Å². The van der Waals surface area contributed by atoms with E-state index in [1.165, 1.54) is 6.07 Å². The summed E-state index contributed by atoms with van der Waals surface area (Å²) in [6.45, 7) is 8.75. The highest BCUT2D eigenvalue weighted by molar-refractivity contribution is 6.07. The SMILES string of the molecule is Cc1cccc(NC(=O)c2ccc3c(c2)c(C)c(C)n3Cc2cccc(F)c2)c1C. The molecule has 3 aromatic carbocycles. The molecule has 30 heavy (non-hydrogen) atoms. The van der Waals surface area contributed by atoms with Crippen molar-refractivity contribution in [2.75, 3.05) is 5.32 Å². The van der Waals surface area contributed by atoms with Crippen molar-refractivity contribution >= 4 is 22.5 Å². The third-order valence-electron chi connectivity index (χ3n) is 5.98. The Morgan fingerprint density at radius 1 is 0.933 bits per heavy atom. The Kier molecular flexibility index (Phi) is 5.17. The first-order chi connectivity index (χ1) is 14.3. The number of anilines is 1. The highest BCUT2D eigenvalue weighted by atomic mass is 19.1. The molecule has 0 spiro atoms. The molecule has 0 saturated carbocycles. The summed E-state index contributed by atoms with van der Waals surface area (Å²) in [6, 6.07) is 18.3. The number of nitrogens with zero attached hydrogens (tertiary/aromatic N) is 1. The number of amides is 1. The van der Waals surface area contributed by atoms with Crippen LogP contribution in [0.2, 0.25) is 0 Å². The lowest BCUT2D eigenvalue weighted by molar-refractivity contribution is 0.102. The Balaban J connectivity index is 1.68. The van der Waals surface area contributed by atoms with Gasteiger partial charge in [0.05, 0.1) is 0 Å². The van der Waals surface area contributed by atoms with Crippen molar-refractivity contribution in [1.29, 1.82) is 0 Å². The Morgan fingerprint density at radius 2 is 1.70 bits per heavy atom. The number of rotatable bonds is 4. The number of nitrogens with one attached hydrogen (secondary N) is 1. The summed E-state index contributed by atoms with van der Waals surface area (Å²) in [5.41, 5.74) is 7.85. The van der Waals surface area contributed by atoms with Crippen LogP contribution in [-0.2, 0) is 6.54 Å². The van der Waals surface area contributed by atoms with Gasteiger partial charge in [0.15, 0.2) is 0 Å². The van der Waals surface area contributed by atoms with E-state index in [4.69, 9.17) is 0 Å². The Labute approximate surface area is 176 Å². The Bertz CT molecular complexity index is 1270. The number of aryl methyl sites for hydroxylation is 2. The average molecular weight is 400 g/mol. The number of fused-ring (bicyclic) bond motifs is 1. The molecule has 1 amide bonds. The van der Waals surface area contributed by atoms with E-state index in [2.05, 4.69) is 23.7 Å². The molecule has 0 aliphatic carbocycles. The van der Waals surface area contributed by atoms with Gasteiger partial charge in [-0.15, -0.1) is 0 Å². The first kappa shape index (κ1) is 19.9. The fourth-order valence-electron chi connectivity index (χ4n) is 3.89. The normalized spacial score (nSPS) is 11.1. The number of benzene rings is 3. The zero-order valence-electron chi connectivity index (χ0n) is 17.7. The third kappa shape index (κ3) is 3.61. The molecular weight excluding hydrogens is 375 g/mol. The summed E-state index contributed by atoms with van der Waals surface area (Å²) in [5.74, 6) is -0.357. The summed E-state index contributed by atoms with van der Waals surface area (Å²) in [7, 11) is 0. The van der Waals surface area contributed by atoms with Crippen LogP contribution in [-0.4, -0.2) is 10.5 Å².